The summed E-state index contributed by atoms with van der Waals surface area (Å²) in [5, 5.41) is 1.00. The van der Waals surface area contributed by atoms with E-state index in [2.05, 4.69) is 39.6 Å². The quantitative estimate of drug-likeness (QED) is 0.732. The van der Waals surface area contributed by atoms with Crippen molar-refractivity contribution in [3.05, 3.63) is 0 Å². The van der Waals surface area contributed by atoms with E-state index in [1.165, 1.54) is 0 Å². The number of carbonyl (C=O) groups is 1. The van der Waals surface area contributed by atoms with E-state index in [0.717, 1.165) is 44.5 Å². The van der Waals surface area contributed by atoms with Gasteiger partial charge in [0.05, 0.1) is 18.1 Å². The van der Waals surface area contributed by atoms with E-state index in [1.54, 1.807) is 0 Å². The third-order valence-electron chi connectivity index (χ3n) is 4.83. The number of amides is 1. The van der Waals surface area contributed by atoms with Gasteiger partial charge in [-0.15, -0.1) is 0 Å². The van der Waals surface area contributed by atoms with Crippen molar-refractivity contribution < 1.29 is 9.53 Å². The van der Waals surface area contributed by atoms with Crippen LogP contribution in [0.5, 0.6) is 0 Å². The van der Waals surface area contributed by atoms with E-state index in [0.29, 0.717) is 11.8 Å². The van der Waals surface area contributed by atoms with E-state index in [-0.39, 0.29) is 18.1 Å². The molecule has 0 aromatic carbocycles. The molecule has 0 aromatic rings. The molecule has 0 saturated carbocycles. The number of hydrogen-bond donors (Lipinski definition) is 0. The molecule has 20 heavy (non-hydrogen) atoms. The molecule has 4 nitrogen and oxygen atoms in total. The smallest absolute Gasteiger partial charge is 0.228 e. The number of halogens is 1. The Kier molecular flexibility index (Phi) is 5.87. The summed E-state index contributed by atoms with van der Waals surface area (Å²) in [5.41, 5.74) is 0. The lowest BCUT2D eigenvalue weighted by atomic mass is 9.88. The number of rotatable bonds is 3. The number of ether oxygens (including phenoxy) is 1. The van der Waals surface area contributed by atoms with Crippen LogP contribution in [0.3, 0.4) is 0 Å². The van der Waals surface area contributed by atoms with E-state index >= 15 is 0 Å². The number of hydrogen-bond acceptors (Lipinski definition) is 3. The maximum Gasteiger partial charge on any atom is 0.228 e. The molecular weight excluding hydrogens is 320 g/mol. The summed E-state index contributed by atoms with van der Waals surface area (Å²) in [4.78, 5) is 17.3. The highest BCUT2D eigenvalue weighted by Gasteiger charge is 2.43. The maximum atomic E-state index is 12.8. The van der Waals surface area contributed by atoms with Crippen molar-refractivity contribution in [1.29, 1.82) is 0 Å². The standard InChI is InChI=1S/C15H27BrN2O2/c1-11-12(2)20-13(3)14(11)15(19)18-7-4-6-17(8-5-16)9-10-18/h11-14H,4-10H2,1-3H3. The molecule has 2 fully saturated rings. The fraction of sp³-hybridized carbons (Fsp3) is 0.933. The molecule has 0 bridgehead atoms. The molecule has 5 heteroatoms. The van der Waals surface area contributed by atoms with Gasteiger partial charge < -0.3 is 14.5 Å². The van der Waals surface area contributed by atoms with Crippen LogP contribution in [0.4, 0.5) is 0 Å². The minimum absolute atomic E-state index is 0.0349. The van der Waals surface area contributed by atoms with Gasteiger partial charge >= 0.3 is 0 Å². The molecule has 0 spiro atoms. The van der Waals surface area contributed by atoms with E-state index < -0.39 is 0 Å². The lowest BCUT2D eigenvalue weighted by molar-refractivity contribution is -0.137. The van der Waals surface area contributed by atoms with Gasteiger partial charge in [0.15, 0.2) is 0 Å². The third kappa shape index (κ3) is 3.55. The van der Waals surface area contributed by atoms with Gasteiger partial charge in [-0.3, -0.25) is 4.79 Å². The van der Waals surface area contributed by atoms with E-state index in [1.807, 2.05) is 6.92 Å². The molecule has 2 aliphatic rings. The summed E-state index contributed by atoms with van der Waals surface area (Å²) in [5.74, 6) is 0.655. The number of carbonyl (C=O) groups excluding carboxylic acids is 1. The number of nitrogens with zero attached hydrogens (tertiary/aromatic N) is 2. The van der Waals surface area contributed by atoms with Gasteiger partial charge in [-0.05, 0) is 32.7 Å². The Morgan fingerprint density at radius 2 is 1.90 bits per heavy atom. The predicted octanol–water partition coefficient (Wildman–Crippen LogP) is 1.98. The molecule has 2 rings (SSSR count). The third-order valence-corrected chi connectivity index (χ3v) is 5.18. The summed E-state index contributed by atoms with van der Waals surface area (Å²) in [7, 11) is 0. The zero-order chi connectivity index (χ0) is 14.7. The maximum absolute atomic E-state index is 12.8. The molecule has 0 aliphatic carbocycles. The van der Waals surface area contributed by atoms with Gasteiger partial charge in [0, 0.05) is 31.5 Å². The molecule has 2 aliphatic heterocycles. The zero-order valence-electron chi connectivity index (χ0n) is 12.8. The van der Waals surface area contributed by atoms with Gasteiger partial charge in [-0.25, -0.2) is 0 Å². The Bertz CT molecular complexity index is 340. The van der Waals surface area contributed by atoms with Crippen molar-refractivity contribution in [3.8, 4) is 0 Å². The number of alkyl halides is 1. The first-order chi connectivity index (χ1) is 9.54. The monoisotopic (exact) mass is 346 g/mol. The second-order valence-electron chi connectivity index (χ2n) is 6.14. The van der Waals surface area contributed by atoms with Crippen molar-refractivity contribution >= 4 is 21.8 Å². The summed E-state index contributed by atoms with van der Waals surface area (Å²) in [6.45, 7) is 11.2. The van der Waals surface area contributed by atoms with Crippen LogP contribution >= 0.6 is 15.9 Å². The SMILES string of the molecule is CC1OC(C)C(C(=O)N2CCCN(CCBr)CC2)C1C. The van der Waals surface area contributed by atoms with Gasteiger partial charge in [0.25, 0.3) is 0 Å². The van der Waals surface area contributed by atoms with E-state index in [9.17, 15) is 4.79 Å². The Morgan fingerprint density at radius 1 is 1.15 bits per heavy atom. The van der Waals surface area contributed by atoms with Crippen molar-refractivity contribution in [1.82, 2.24) is 9.80 Å². The van der Waals surface area contributed by atoms with Crippen LogP contribution in [0.2, 0.25) is 0 Å². The molecule has 2 saturated heterocycles. The Hall–Kier alpha value is -0.130. The molecule has 4 atom stereocenters. The molecule has 2 heterocycles. The molecule has 116 valence electrons. The van der Waals surface area contributed by atoms with E-state index in [4.69, 9.17) is 4.74 Å². The van der Waals surface area contributed by atoms with Crippen LogP contribution in [0, 0.1) is 11.8 Å². The second-order valence-corrected chi connectivity index (χ2v) is 6.93. The lowest BCUT2D eigenvalue weighted by Crippen LogP contribution is -2.42. The fourth-order valence-corrected chi connectivity index (χ4v) is 3.94. The van der Waals surface area contributed by atoms with Crippen LogP contribution in [-0.2, 0) is 9.53 Å². The Morgan fingerprint density at radius 3 is 2.50 bits per heavy atom. The van der Waals surface area contributed by atoms with Crippen molar-refractivity contribution in [2.24, 2.45) is 11.8 Å². The largest absolute Gasteiger partial charge is 0.374 e. The molecule has 0 N–H and O–H groups in total. The normalized spacial score (nSPS) is 36.1. The van der Waals surface area contributed by atoms with Crippen LogP contribution in [0.25, 0.3) is 0 Å². The Balaban J connectivity index is 1.95. The summed E-state index contributed by atoms with van der Waals surface area (Å²) >= 11 is 3.49. The van der Waals surface area contributed by atoms with Gasteiger partial charge in [0.2, 0.25) is 5.91 Å². The molecule has 0 radical (unpaired) electrons. The first-order valence-electron chi connectivity index (χ1n) is 7.77. The highest BCUT2D eigenvalue weighted by atomic mass is 79.9. The summed E-state index contributed by atoms with van der Waals surface area (Å²) < 4.78 is 5.82. The van der Waals surface area contributed by atoms with Crippen LogP contribution in [0.1, 0.15) is 27.2 Å². The molecular formula is C15H27BrN2O2. The van der Waals surface area contributed by atoms with Crippen molar-refractivity contribution in [2.45, 2.75) is 39.4 Å². The average Bonchev–Trinajstić information content (AvgIpc) is 2.59. The van der Waals surface area contributed by atoms with Gasteiger partial charge in [0.1, 0.15) is 0 Å². The van der Waals surface area contributed by atoms with Crippen LogP contribution < -0.4 is 0 Å². The highest BCUT2D eigenvalue weighted by molar-refractivity contribution is 9.09. The van der Waals surface area contributed by atoms with Crippen LogP contribution in [0.15, 0.2) is 0 Å². The molecule has 0 aromatic heterocycles. The Labute approximate surface area is 130 Å². The topological polar surface area (TPSA) is 32.8 Å². The second kappa shape index (κ2) is 7.23. The van der Waals surface area contributed by atoms with Gasteiger partial charge in [-0.2, -0.15) is 0 Å². The van der Waals surface area contributed by atoms with Crippen molar-refractivity contribution in [3.63, 3.8) is 0 Å². The van der Waals surface area contributed by atoms with Crippen LogP contribution in [-0.4, -0.2) is 66.0 Å². The van der Waals surface area contributed by atoms with Gasteiger partial charge in [-0.1, -0.05) is 22.9 Å². The first-order valence-corrected chi connectivity index (χ1v) is 8.89. The zero-order valence-corrected chi connectivity index (χ0v) is 14.4. The summed E-state index contributed by atoms with van der Waals surface area (Å²) in [6.07, 6.45) is 1.31. The minimum Gasteiger partial charge on any atom is -0.374 e. The van der Waals surface area contributed by atoms with Crippen molar-refractivity contribution in [2.75, 3.05) is 38.1 Å². The summed E-state index contributed by atoms with van der Waals surface area (Å²) in [6, 6.07) is 0. The first kappa shape index (κ1) is 16.2. The fourth-order valence-electron chi connectivity index (χ4n) is 3.44. The molecule has 1 amide bonds. The highest BCUT2D eigenvalue weighted by Crippen LogP contribution is 2.33. The minimum atomic E-state index is 0.0349. The molecule has 4 unspecified atom stereocenters. The predicted molar refractivity (Wildman–Crippen MR) is 84.1 cm³/mol. The lowest BCUT2D eigenvalue weighted by Gasteiger charge is -2.27. The average molecular weight is 347 g/mol.